The smallest absolute Gasteiger partial charge is 0.176 e. The third-order valence-corrected chi connectivity index (χ3v) is 4.70. The van der Waals surface area contributed by atoms with E-state index in [1.165, 1.54) is 25.7 Å². The van der Waals surface area contributed by atoms with Crippen molar-refractivity contribution < 1.29 is 4.79 Å². The molecule has 3 heteroatoms. The van der Waals surface area contributed by atoms with Gasteiger partial charge in [-0.3, -0.25) is 9.69 Å². The van der Waals surface area contributed by atoms with E-state index in [0.717, 1.165) is 16.0 Å². The molecule has 1 aromatic rings. The number of Topliss-reactive ketones (excluding diaryl/α,β-unsaturated/α-hetero) is 1. The molecule has 2 nitrogen and oxygen atoms in total. The lowest BCUT2D eigenvalue weighted by Crippen LogP contribution is -2.38. The van der Waals surface area contributed by atoms with Gasteiger partial charge in [0, 0.05) is 16.1 Å². The molecule has 2 rings (SSSR count). The van der Waals surface area contributed by atoms with Crippen molar-refractivity contribution in [2.75, 3.05) is 13.6 Å². The van der Waals surface area contributed by atoms with Crippen LogP contribution in [0.5, 0.6) is 0 Å². The van der Waals surface area contributed by atoms with E-state index in [-0.39, 0.29) is 5.78 Å². The third kappa shape index (κ3) is 4.15. The molecule has 0 atom stereocenters. The highest BCUT2D eigenvalue weighted by atomic mass is 79.9. The number of hydrogen-bond acceptors (Lipinski definition) is 2. The minimum Gasteiger partial charge on any atom is -0.296 e. The number of rotatable bonds is 4. The Labute approximate surface area is 124 Å². The first kappa shape index (κ1) is 14.7. The summed E-state index contributed by atoms with van der Waals surface area (Å²) in [6, 6.07) is 8.22. The first-order valence-electron chi connectivity index (χ1n) is 7.05. The summed E-state index contributed by atoms with van der Waals surface area (Å²) in [5, 5.41) is 0. The average Bonchev–Trinajstić information content (AvgIpc) is 2.40. The van der Waals surface area contributed by atoms with Gasteiger partial charge in [0.05, 0.1) is 6.54 Å². The largest absolute Gasteiger partial charge is 0.296 e. The zero-order valence-corrected chi connectivity index (χ0v) is 13.3. The molecule has 1 aliphatic carbocycles. The Bertz CT molecular complexity index is 421. The first-order chi connectivity index (χ1) is 9.06. The summed E-state index contributed by atoms with van der Waals surface area (Å²) in [6.07, 6.45) is 5.04. The Balaban J connectivity index is 1.89. The second-order valence-corrected chi connectivity index (χ2v) is 6.67. The van der Waals surface area contributed by atoms with E-state index in [0.29, 0.717) is 12.6 Å². The van der Waals surface area contributed by atoms with Crippen LogP contribution in [0.4, 0.5) is 0 Å². The highest BCUT2D eigenvalue weighted by Crippen LogP contribution is 2.26. The molecule has 104 valence electrons. The first-order valence-corrected chi connectivity index (χ1v) is 7.84. The fourth-order valence-corrected chi connectivity index (χ4v) is 3.03. The molecule has 1 aromatic carbocycles. The predicted molar refractivity (Wildman–Crippen MR) is 82.5 cm³/mol. The summed E-state index contributed by atoms with van der Waals surface area (Å²) < 4.78 is 1.01. The van der Waals surface area contributed by atoms with E-state index in [2.05, 4.69) is 34.8 Å². The minimum atomic E-state index is 0.216. The molecule has 1 fully saturated rings. The fraction of sp³-hybridized carbons (Fsp3) is 0.562. The number of ketones is 1. The van der Waals surface area contributed by atoms with Crippen LogP contribution in [-0.4, -0.2) is 30.3 Å². The number of benzene rings is 1. The predicted octanol–water partition coefficient (Wildman–Crippen LogP) is 4.14. The van der Waals surface area contributed by atoms with Gasteiger partial charge >= 0.3 is 0 Å². The molecule has 19 heavy (non-hydrogen) atoms. The SMILES string of the molecule is CC1CCC(N(C)CC(=O)c2ccc(Br)cc2)CC1. The molecule has 1 aliphatic rings. The maximum atomic E-state index is 12.2. The second-order valence-electron chi connectivity index (χ2n) is 5.76. The number of hydrogen-bond donors (Lipinski definition) is 0. The molecule has 0 saturated heterocycles. The van der Waals surface area contributed by atoms with Gasteiger partial charge in [-0.05, 0) is 50.8 Å². The van der Waals surface area contributed by atoms with E-state index in [1.54, 1.807) is 0 Å². The molecule has 0 heterocycles. The van der Waals surface area contributed by atoms with Gasteiger partial charge in [-0.2, -0.15) is 0 Å². The lowest BCUT2D eigenvalue weighted by Gasteiger charge is -2.33. The Morgan fingerprint density at radius 1 is 1.21 bits per heavy atom. The number of carbonyl (C=O) groups excluding carboxylic acids is 1. The molecular formula is C16H22BrNO. The number of likely N-dealkylation sites (N-methyl/N-ethyl adjacent to an activating group) is 1. The summed E-state index contributed by atoms with van der Waals surface area (Å²) >= 11 is 3.39. The molecular weight excluding hydrogens is 302 g/mol. The molecule has 0 amide bonds. The van der Waals surface area contributed by atoms with Crippen molar-refractivity contribution in [3.05, 3.63) is 34.3 Å². The number of carbonyl (C=O) groups is 1. The molecule has 0 aliphatic heterocycles. The lowest BCUT2D eigenvalue weighted by molar-refractivity contribution is 0.0889. The van der Waals surface area contributed by atoms with Gasteiger partial charge in [-0.15, -0.1) is 0 Å². The number of halogens is 1. The Morgan fingerprint density at radius 2 is 1.79 bits per heavy atom. The summed E-state index contributed by atoms with van der Waals surface area (Å²) in [5.41, 5.74) is 0.805. The molecule has 1 saturated carbocycles. The van der Waals surface area contributed by atoms with Crippen LogP contribution >= 0.6 is 15.9 Å². The molecule has 0 spiro atoms. The summed E-state index contributed by atoms with van der Waals surface area (Å²) in [6.45, 7) is 2.85. The monoisotopic (exact) mass is 323 g/mol. The molecule has 0 N–H and O–H groups in total. The van der Waals surface area contributed by atoms with Crippen molar-refractivity contribution in [1.82, 2.24) is 4.90 Å². The van der Waals surface area contributed by atoms with Crippen molar-refractivity contribution in [2.45, 2.75) is 38.6 Å². The fourth-order valence-electron chi connectivity index (χ4n) is 2.77. The maximum Gasteiger partial charge on any atom is 0.176 e. The van der Waals surface area contributed by atoms with Crippen LogP contribution in [0.25, 0.3) is 0 Å². The van der Waals surface area contributed by atoms with Crippen LogP contribution in [0.15, 0.2) is 28.7 Å². The highest BCUT2D eigenvalue weighted by Gasteiger charge is 2.23. The van der Waals surface area contributed by atoms with E-state index < -0.39 is 0 Å². The Hall–Kier alpha value is -0.670. The Morgan fingerprint density at radius 3 is 2.37 bits per heavy atom. The van der Waals surface area contributed by atoms with E-state index in [1.807, 2.05) is 24.3 Å². The normalized spacial score (nSPS) is 23.6. The van der Waals surface area contributed by atoms with Crippen LogP contribution in [0.2, 0.25) is 0 Å². The van der Waals surface area contributed by atoms with Gasteiger partial charge in [0.25, 0.3) is 0 Å². The number of nitrogens with zero attached hydrogens (tertiary/aromatic N) is 1. The van der Waals surface area contributed by atoms with Gasteiger partial charge in [0.2, 0.25) is 0 Å². The lowest BCUT2D eigenvalue weighted by atomic mass is 9.86. The highest BCUT2D eigenvalue weighted by molar-refractivity contribution is 9.10. The molecule has 0 aromatic heterocycles. The maximum absolute atomic E-state index is 12.2. The minimum absolute atomic E-state index is 0.216. The van der Waals surface area contributed by atoms with Gasteiger partial charge in [0.15, 0.2) is 5.78 Å². The zero-order chi connectivity index (χ0) is 13.8. The van der Waals surface area contributed by atoms with Gasteiger partial charge in [-0.25, -0.2) is 0 Å². The van der Waals surface area contributed by atoms with Crippen LogP contribution in [-0.2, 0) is 0 Å². The van der Waals surface area contributed by atoms with Gasteiger partial charge < -0.3 is 0 Å². The van der Waals surface area contributed by atoms with Crippen LogP contribution in [0.3, 0.4) is 0 Å². The van der Waals surface area contributed by atoms with E-state index >= 15 is 0 Å². The third-order valence-electron chi connectivity index (χ3n) is 4.17. The van der Waals surface area contributed by atoms with Crippen molar-refractivity contribution in [2.24, 2.45) is 5.92 Å². The van der Waals surface area contributed by atoms with E-state index in [4.69, 9.17) is 0 Å². The molecule has 0 unspecified atom stereocenters. The summed E-state index contributed by atoms with van der Waals surface area (Å²) in [5.74, 6) is 1.07. The van der Waals surface area contributed by atoms with Crippen molar-refractivity contribution in [1.29, 1.82) is 0 Å². The van der Waals surface area contributed by atoms with Gasteiger partial charge in [0.1, 0.15) is 0 Å². The summed E-state index contributed by atoms with van der Waals surface area (Å²) in [7, 11) is 2.08. The van der Waals surface area contributed by atoms with Crippen molar-refractivity contribution >= 4 is 21.7 Å². The quantitative estimate of drug-likeness (QED) is 0.776. The van der Waals surface area contributed by atoms with Crippen LogP contribution in [0.1, 0.15) is 43.0 Å². The van der Waals surface area contributed by atoms with Crippen molar-refractivity contribution in [3.8, 4) is 0 Å². The summed E-state index contributed by atoms with van der Waals surface area (Å²) in [4.78, 5) is 14.4. The molecule has 0 bridgehead atoms. The van der Waals surface area contributed by atoms with E-state index in [9.17, 15) is 4.79 Å². The van der Waals surface area contributed by atoms with Crippen LogP contribution < -0.4 is 0 Å². The molecule has 0 radical (unpaired) electrons. The zero-order valence-electron chi connectivity index (χ0n) is 11.7. The standard InChI is InChI=1S/C16H22BrNO/c1-12-3-9-15(10-4-12)18(2)11-16(19)13-5-7-14(17)8-6-13/h5-8,12,15H,3-4,9-11H2,1-2H3. The topological polar surface area (TPSA) is 20.3 Å². The van der Waals surface area contributed by atoms with Gasteiger partial charge in [-0.1, -0.05) is 35.0 Å². The Kier molecular flexibility index (Phi) is 5.17. The second kappa shape index (κ2) is 6.67. The van der Waals surface area contributed by atoms with Crippen LogP contribution in [0, 0.1) is 5.92 Å². The average molecular weight is 324 g/mol. The van der Waals surface area contributed by atoms with Crippen molar-refractivity contribution in [3.63, 3.8) is 0 Å².